The molecule has 0 aromatic heterocycles. The van der Waals surface area contributed by atoms with Crippen molar-refractivity contribution in [3.8, 4) is 0 Å². The van der Waals surface area contributed by atoms with E-state index in [-0.39, 0.29) is 19.0 Å². The van der Waals surface area contributed by atoms with Crippen molar-refractivity contribution >= 4 is 5.97 Å². The molecule has 0 aliphatic heterocycles. The number of carbonyl (C=O) groups is 1. The molecule has 0 aromatic rings. The van der Waals surface area contributed by atoms with Gasteiger partial charge in [-0.3, -0.25) is 4.79 Å². The van der Waals surface area contributed by atoms with Crippen molar-refractivity contribution in [2.24, 2.45) is 0 Å². The van der Waals surface area contributed by atoms with E-state index in [0.29, 0.717) is 6.42 Å². The van der Waals surface area contributed by atoms with Gasteiger partial charge in [0.1, 0.15) is 0 Å². The van der Waals surface area contributed by atoms with E-state index >= 15 is 0 Å². The zero-order valence-corrected chi connectivity index (χ0v) is 6.04. The number of aliphatic hydroxyl groups excluding tert-OH is 1. The molecule has 0 aliphatic rings. The second-order valence-electron chi connectivity index (χ2n) is 1.76. The fourth-order valence-corrected chi connectivity index (χ4v) is 0.455. The van der Waals surface area contributed by atoms with Gasteiger partial charge in [0.15, 0.2) is 0 Å². The number of hydrogen-bond acceptors (Lipinski definition) is 3. The van der Waals surface area contributed by atoms with E-state index in [1.807, 2.05) is 0 Å². The Labute approximate surface area is 60.3 Å². The molecule has 10 heavy (non-hydrogen) atoms. The molecule has 0 spiro atoms. The van der Waals surface area contributed by atoms with Crippen LogP contribution in [0.15, 0.2) is 12.2 Å². The standard InChI is InChI=1S/C7H12O3/c1-10-7(9)5-3-2-4-6-8/h2-3,8H,4-6H2,1H3/b3-2-. The highest BCUT2D eigenvalue weighted by Gasteiger charge is 1.92. The van der Waals surface area contributed by atoms with Crippen LogP contribution in [0.3, 0.4) is 0 Å². The Balaban J connectivity index is 3.25. The summed E-state index contributed by atoms with van der Waals surface area (Å²) in [4.78, 5) is 10.4. The maximum absolute atomic E-state index is 10.4. The van der Waals surface area contributed by atoms with Gasteiger partial charge in [0.2, 0.25) is 0 Å². The molecule has 3 nitrogen and oxygen atoms in total. The average Bonchev–Trinajstić information content (AvgIpc) is 1.98. The Morgan fingerprint density at radius 1 is 1.60 bits per heavy atom. The van der Waals surface area contributed by atoms with Crippen molar-refractivity contribution in [3.05, 3.63) is 12.2 Å². The molecular weight excluding hydrogens is 132 g/mol. The van der Waals surface area contributed by atoms with E-state index in [4.69, 9.17) is 5.11 Å². The topological polar surface area (TPSA) is 46.5 Å². The molecule has 0 aliphatic carbocycles. The third-order valence-electron chi connectivity index (χ3n) is 0.975. The van der Waals surface area contributed by atoms with Gasteiger partial charge in [0.25, 0.3) is 0 Å². The number of hydrogen-bond donors (Lipinski definition) is 1. The van der Waals surface area contributed by atoms with Gasteiger partial charge in [-0.2, -0.15) is 0 Å². The molecule has 0 unspecified atom stereocenters. The van der Waals surface area contributed by atoms with Crippen LogP contribution in [0.5, 0.6) is 0 Å². The number of carbonyl (C=O) groups excluding carboxylic acids is 1. The van der Waals surface area contributed by atoms with Crippen molar-refractivity contribution < 1.29 is 14.6 Å². The van der Waals surface area contributed by atoms with Gasteiger partial charge >= 0.3 is 5.97 Å². The highest BCUT2D eigenvalue weighted by atomic mass is 16.5. The van der Waals surface area contributed by atoms with Crippen LogP contribution in [0.4, 0.5) is 0 Å². The first-order valence-electron chi connectivity index (χ1n) is 3.14. The summed E-state index contributed by atoms with van der Waals surface area (Å²) in [5.41, 5.74) is 0. The minimum absolute atomic E-state index is 0.123. The molecule has 0 heterocycles. The molecule has 1 N–H and O–H groups in total. The fraction of sp³-hybridized carbons (Fsp3) is 0.571. The van der Waals surface area contributed by atoms with Gasteiger partial charge in [-0.25, -0.2) is 0 Å². The molecule has 0 bridgehead atoms. The van der Waals surface area contributed by atoms with E-state index in [1.165, 1.54) is 7.11 Å². The van der Waals surface area contributed by atoms with Crippen molar-refractivity contribution in [2.75, 3.05) is 13.7 Å². The predicted molar refractivity (Wildman–Crippen MR) is 37.5 cm³/mol. The molecule has 58 valence electrons. The average molecular weight is 144 g/mol. The lowest BCUT2D eigenvalue weighted by Crippen LogP contribution is -1.96. The number of esters is 1. The lowest BCUT2D eigenvalue weighted by Gasteiger charge is -1.90. The smallest absolute Gasteiger partial charge is 0.309 e. The number of methoxy groups -OCH3 is 1. The summed E-state index contributed by atoms with van der Waals surface area (Å²) in [6.45, 7) is 0.123. The van der Waals surface area contributed by atoms with Crippen LogP contribution in [-0.2, 0) is 9.53 Å². The normalized spacial score (nSPS) is 10.2. The summed E-state index contributed by atoms with van der Waals surface area (Å²) in [6, 6.07) is 0. The van der Waals surface area contributed by atoms with Crippen LogP contribution in [0, 0.1) is 0 Å². The van der Waals surface area contributed by atoms with E-state index in [1.54, 1.807) is 12.2 Å². The van der Waals surface area contributed by atoms with Crippen LogP contribution in [-0.4, -0.2) is 24.8 Å². The molecule has 0 rings (SSSR count). The third kappa shape index (κ3) is 5.31. The Kier molecular flexibility index (Phi) is 5.77. The van der Waals surface area contributed by atoms with Crippen molar-refractivity contribution in [1.29, 1.82) is 0 Å². The molecule has 0 saturated carbocycles. The molecule has 0 atom stereocenters. The Hall–Kier alpha value is -0.830. The monoisotopic (exact) mass is 144 g/mol. The summed E-state index contributed by atoms with van der Waals surface area (Å²) < 4.78 is 4.38. The van der Waals surface area contributed by atoms with Gasteiger partial charge < -0.3 is 9.84 Å². The molecule has 0 fully saturated rings. The highest BCUT2D eigenvalue weighted by Crippen LogP contribution is 1.88. The van der Waals surface area contributed by atoms with E-state index in [9.17, 15) is 4.79 Å². The van der Waals surface area contributed by atoms with Gasteiger partial charge in [-0.15, -0.1) is 0 Å². The van der Waals surface area contributed by atoms with Gasteiger partial charge in [0, 0.05) is 6.61 Å². The summed E-state index contributed by atoms with van der Waals surface area (Å²) in [7, 11) is 1.35. The first kappa shape index (κ1) is 9.17. The van der Waals surface area contributed by atoms with E-state index < -0.39 is 0 Å². The van der Waals surface area contributed by atoms with Crippen LogP contribution in [0.25, 0.3) is 0 Å². The fourth-order valence-electron chi connectivity index (χ4n) is 0.455. The van der Waals surface area contributed by atoms with Crippen LogP contribution >= 0.6 is 0 Å². The molecule has 0 saturated heterocycles. The van der Waals surface area contributed by atoms with Crippen molar-refractivity contribution in [2.45, 2.75) is 12.8 Å². The summed E-state index contributed by atoms with van der Waals surface area (Å²) in [6.07, 6.45) is 4.31. The lowest BCUT2D eigenvalue weighted by atomic mass is 10.3. The molecule has 0 amide bonds. The van der Waals surface area contributed by atoms with Crippen LogP contribution < -0.4 is 0 Å². The quantitative estimate of drug-likeness (QED) is 0.461. The van der Waals surface area contributed by atoms with Crippen molar-refractivity contribution in [1.82, 2.24) is 0 Å². The summed E-state index contributed by atoms with van der Waals surface area (Å²) >= 11 is 0. The largest absolute Gasteiger partial charge is 0.469 e. The summed E-state index contributed by atoms with van der Waals surface area (Å²) in [5, 5.41) is 8.32. The Morgan fingerprint density at radius 2 is 2.30 bits per heavy atom. The Bertz CT molecular complexity index is 118. The first-order chi connectivity index (χ1) is 4.81. The zero-order chi connectivity index (χ0) is 7.82. The first-order valence-corrected chi connectivity index (χ1v) is 3.14. The second-order valence-corrected chi connectivity index (χ2v) is 1.76. The number of ether oxygens (including phenoxy) is 1. The number of aliphatic hydroxyl groups is 1. The SMILES string of the molecule is COC(=O)C/C=C\CCO. The number of rotatable bonds is 4. The molecular formula is C7H12O3. The molecule has 3 heteroatoms. The van der Waals surface area contributed by atoms with Crippen LogP contribution in [0.2, 0.25) is 0 Å². The van der Waals surface area contributed by atoms with Gasteiger partial charge in [-0.05, 0) is 6.42 Å². The second kappa shape index (κ2) is 6.29. The van der Waals surface area contributed by atoms with E-state index in [0.717, 1.165) is 0 Å². The van der Waals surface area contributed by atoms with Gasteiger partial charge in [0.05, 0.1) is 13.5 Å². The minimum atomic E-state index is -0.255. The minimum Gasteiger partial charge on any atom is -0.469 e. The maximum atomic E-state index is 10.4. The van der Waals surface area contributed by atoms with Crippen molar-refractivity contribution in [3.63, 3.8) is 0 Å². The van der Waals surface area contributed by atoms with Crippen LogP contribution in [0.1, 0.15) is 12.8 Å². The molecule has 0 radical (unpaired) electrons. The summed E-state index contributed by atoms with van der Waals surface area (Å²) in [5.74, 6) is -0.255. The Morgan fingerprint density at radius 3 is 2.80 bits per heavy atom. The lowest BCUT2D eigenvalue weighted by molar-refractivity contribution is -0.139. The zero-order valence-electron chi connectivity index (χ0n) is 6.04. The maximum Gasteiger partial charge on any atom is 0.309 e. The predicted octanol–water partition coefficient (Wildman–Crippen LogP) is 0.488. The molecule has 0 aromatic carbocycles. The van der Waals surface area contributed by atoms with Gasteiger partial charge in [-0.1, -0.05) is 12.2 Å². The third-order valence-corrected chi connectivity index (χ3v) is 0.975. The van der Waals surface area contributed by atoms with E-state index in [2.05, 4.69) is 4.74 Å². The highest BCUT2D eigenvalue weighted by molar-refractivity contribution is 5.70.